The smallest absolute Gasteiger partial charge is 0.229 e. The van der Waals surface area contributed by atoms with Crippen LogP contribution >= 0.6 is 0 Å². The molecule has 0 aliphatic carbocycles. The number of aliphatic hydroxyl groups is 7. The molecule has 0 amide bonds. The van der Waals surface area contributed by atoms with Gasteiger partial charge in [0.15, 0.2) is 29.3 Å². The predicted octanol–water partition coefficient (Wildman–Crippen LogP) is -2.10. The van der Waals surface area contributed by atoms with Crippen molar-refractivity contribution in [1.82, 2.24) is 0 Å². The highest BCUT2D eigenvalue weighted by atomic mass is 16.7. The maximum absolute atomic E-state index is 13.6. The minimum absolute atomic E-state index is 0.0326. The lowest BCUT2D eigenvalue weighted by atomic mass is 9.98. The molecule has 48 heavy (non-hydrogen) atoms. The Balaban J connectivity index is 1.42. The Labute approximate surface area is 271 Å². The fraction of sp³-hybridized carbons (Fsp3) is 0.500. The Morgan fingerprint density at radius 2 is 1.35 bits per heavy atom. The minimum atomic E-state index is -1.88. The van der Waals surface area contributed by atoms with E-state index in [0.29, 0.717) is 0 Å². The standard InChI is InChI=1S/C30H36O18/c1-41-14-5-10(4-12(32)27(14)42-2)11-8-44-13-6-15(28(43-3)22(36)18(13)19(11)33)46-30-26(40)24(38)21(35)17(48-30)9-45-29-25(39)23(37)20(34)16(7-31)47-29/h4-6,8,16-17,20-21,23-26,29-32,34-40H,7,9H2,1-3H3/t16-,17-,20-,21-,23+,24+,25-,26-,29-,30-/m1/s1. The Morgan fingerprint density at radius 3 is 1.98 bits per heavy atom. The van der Waals surface area contributed by atoms with Gasteiger partial charge in [0.1, 0.15) is 66.1 Å². The summed E-state index contributed by atoms with van der Waals surface area (Å²) in [5, 5.41) is 92.5. The Bertz CT molecular complexity index is 1660. The Hall–Kier alpha value is -3.95. The number of methoxy groups -OCH3 is 3. The van der Waals surface area contributed by atoms with Gasteiger partial charge in [-0.3, -0.25) is 4.79 Å². The molecule has 0 spiro atoms. The summed E-state index contributed by atoms with van der Waals surface area (Å²) >= 11 is 0. The summed E-state index contributed by atoms with van der Waals surface area (Å²) in [6.07, 6.45) is -15.6. The van der Waals surface area contributed by atoms with Gasteiger partial charge in [0.05, 0.1) is 40.1 Å². The summed E-state index contributed by atoms with van der Waals surface area (Å²) < 4.78 is 43.3. The topological polar surface area (TPSA) is 277 Å². The number of ether oxygens (including phenoxy) is 7. The molecule has 2 aliphatic heterocycles. The number of aromatic hydroxyl groups is 2. The van der Waals surface area contributed by atoms with Gasteiger partial charge >= 0.3 is 0 Å². The molecule has 1 aromatic heterocycles. The van der Waals surface area contributed by atoms with Crippen LogP contribution in [0.3, 0.4) is 0 Å². The van der Waals surface area contributed by atoms with Gasteiger partial charge in [-0.2, -0.15) is 0 Å². The third-order valence-electron chi connectivity index (χ3n) is 8.12. The molecule has 2 aromatic carbocycles. The van der Waals surface area contributed by atoms with Gasteiger partial charge in [0.2, 0.25) is 23.2 Å². The van der Waals surface area contributed by atoms with Gasteiger partial charge in [0, 0.05) is 6.07 Å². The van der Waals surface area contributed by atoms with Crippen LogP contribution in [0.1, 0.15) is 0 Å². The third kappa shape index (κ3) is 6.30. The molecule has 0 unspecified atom stereocenters. The van der Waals surface area contributed by atoms with Crippen molar-refractivity contribution < 1.29 is 83.5 Å². The molecule has 0 radical (unpaired) electrons. The van der Waals surface area contributed by atoms with Gasteiger partial charge in [-0.15, -0.1) is 0 Å². The number of hydrogen-bond donors (Lipinski definition) is 9. The fourth-order valence-corrected chi connectivity index (χ4v) is 5.48. The molecule has 0 saturated carbocycles. The first-order chi connectivity index (χ1) is 22.9. The number of phenols is 2. The van der Waals surface area contributed by atoms with Crippen molar-refractivity contribution in [3.05, 3.63) is 34.7 Å². The Kier molecular flexibility index (Phi) is 10.5. The zero-order valence-corrected chi connectivity index (χ0v) is 25.7. The van der Waals surface area contributed by atoms with Crippen LogP contribution in [0.4, 0.5) is 0 Å². The average Bonchev–Trinajstić information content (AvgIpc) is 3.07. The summed E-state index contributed by atoms with van der Waals surface area (Å²) in [7, 11) is 3.81. The monoisotopic (exact) mass is 684 g/mol. The van der Waals surface area contributed by atoms with E-state index in [1.807, 2.05) is 0 Å². The van der Waals surface area contributed by atoms with Crippen LogP contribution < -0.4 is 24.4 Å². The fourth-order valence-electron chi connectivity index (χ4n) is 5.48. The second kappa shape index (κ2) is 14.3. The predicted molar refractivity (Wildman–Crippen MR) is 158 cm³/mol. The van der Waals surface area contributed by atoms with Crippen LogP contribution in [0.5, 0.6) is 34.5 Å². The zero-order chi connectivity index (χ0) is 35.0. The molecule has 10 atom stereocenters. The van der Waals surface area contributed by atoms with E-state index in [4.69, 9.17) is 37.6 Å². The largest absolute Gasteiger partial charge is 0.504 e. The molecule has 5 rings (SSSR count). The number of benzene rings is 2. The van der Waals surface area contributed by atoms with E-state index in [-0.39, 0.29) is 45.1 Å². The lowest BCUT2D eigenvalue weighted by Crippen LogP contribution is -2.62. The zero-order valence-electron chi connectivity index (χ0n) is 25.7. The quantitative estimate of drug-likeness (QED) is 0.111. The molecule has 0 bridgehead atoms. The number of aliphatic hydroxyl groups excluding tert-OH is 7. The number of phenolic OH excluding ortho intramolecular Hbond substituents is 2. The SMILES string of the molecule is COc1cc(-c2coc3cc(O[C@@H]4O[C@H](CO[C@@H]5O[C@H](CO)[C@@H](O)[C@H](O)[C@H]5O)[C@@H](O)[C@H](O)[C@H]4O)c(OC)c(O)c3c2=O)cc(O)c1OC. The van der Waals surface area contributed by atoms with Crippen molar-refractivity contribution in [1.29, 1.82) is 0 Å². The second-order valence-corrected chi connectivity index (χ2v) is 11.0. The number of hydrogen-bond acceptors (Lipinski definition) is 18. The molecule has 18 heteroatoms. The van der Waals surface area contributed by atoms with Crippen LogP contribution in [0.2, 0.25) is 0 Å². The molecule has 3 heterocycles. The molecule has 3 aromatic rings. The van der Waals surface area contributed by atoms with Crippen molar-refractivity contribution in [3.63, 3.8) is 0 Å². The van der Waals surface area contributed by atoms with Crippen molar-refractivity contribution in [2.75, 3.05) is 34.5 Å². The van der Waals surface area contributed by atoms with Crippen LogP contribution in [0, 0.1) is 0 Å². The van der Waals surface area contributed by atoms with E-state index in [9.17, 15) is 50.8 Å². The van der Waals surface area contributed by atoms with Gasteiger partial charge in [0.25, 0.3) is 0 Å². The first-order valence-corrected chi connectivity index (χ1v) is 14.5. The minimum Gasteiger partial charge on any atom is -0.504 e. The van der Waals surface area contributed by atoms with Crippen LogP contribution in [-0.2, 0) is 14.2 Å². The van der Waals surface area contributed by atoms with Gasteiger partial charge < -0.3 is 83.5 Å². The van der Waals surface area contributed by atoms with E-state index in [0.717, 1.165) is 19.4 Å². The normalized spacial score (nSPS) is 30.6. The third-order valence-corrected chi connectivity index (χ3v) is 8.12. The van der Waals surface area contributed by atoms with E-state index >= 15 is 0 Å². The molecular formula is C30H36O18. The number of rotatable bonds is 10. The highest BCUT2D eigenvalue weighted by molar-refractivity contribution is 5.91. The van der Waals surface area contributed by atoms with E-state index in [1.165, 1.54) is 26.4 Å². The van der Waals surface area contributed by atoms with Crippen LogP contribution in [0.15, 0.2) is 33.7 Å². The van der Waals surface area contributed by atoms with E-state index in [2.05, 4.69) is 0 Å². The molecule has 2 saturated heterocycles. The summed E-state index contributed by atoms with van der Waals surface area (Å²) in [4.78, 5) is 13.6. The first-order valence-electron chi connectivity index (χ1n) is 14.5. The maximum atomic E-state index is 13.6. The van der Waals surface area contributed by atoms with Crippen molar-refractivity contribution in [2.45, 2.75) is 61.4 Å². The van der Waals surface area contributed by atoms with E-state index in [1.54, 1.807) is 0 Å². The molecule has 2 aliphatic rings. The molecule has 18 nitrogen and oxygen atoms in total. The number of fused-ring (bicyclic) bond motifs is 1. The highest BCUT2D eigenvalue weighted by Crippen LogP contribution is 2.44. The molecular weight excluding hydrogens is 648 g/mol. The Morgan fingerprint density at radius 1 is 0.729 bits per heavy atom. The lowest BCUT2D eigenvalue weighted by molar-refractivity contribution is -0.323. The van der Waals surface area contributed by atoms with Crippen LogP contribution in [-0.4, -0.2) is 142 Å². The summed E-state index contributed by atoms with van der Waals surface area (Å²) in [6, 6.07) is 3.81. The lowest BCUT2D eigenvalue weighted by Gasteiger charge is -2.42. The molecule has 264 valence electrons. The van der Waals surface area contributed by atoms with E-state index < -0.39 is 91.6 Å². The van der Waals surface area contributed by atoms with Crippen LogP contribution in [0.25, 0.3) is 22.1 Å². The summed E-state index contributed by atoms with van der Waals surface area (Å²) in [5.74, 6) is -1.61. The average molecular weight is 685 g/mol. The maximum Gasteiger partial charge on any atom is 0.229 e. The van der Waals surface area contributed by atoms with Gasteiger partial charge in [-0.05, 0) is 17.7 Å². The molecule has 2 fully saturated rings. The highest BCUT2D eigenvalue weighted by Gasteiger charge is 2.48. The van der Waals surface area contributed by atoms with Gasteiger partial charge in [-0.1, -0.05) is 0 Å². The second-order valence-electron chi connectivity index (χ2n) is 11.0. The van der Waals surface area contributed by atoms with Crippen molar-refractivity contribution in [3.8, 4) is 45.6 Å². The van der Waals surface area contributed by atoms with Gasteiger partial charge in [-0.25, -0.2) is 0 Å². The summed E-state index contributed by atoms with van der Waals surface area (Å²) in [6.45, 7) is -1.33. The summed E-state index contributed by atoms with van der Waals surface area (Å²) in [5.41, 5.74) is -0.837. The van der Waals surface area contributed by atoms with Crippen molar-refractivity contribution >= 4 is 11.0 Å². The van der Waals surface area contributed by atoms with Crippen molar-refractivity contribution in [2.24, 2.45) is 0 Å². The first kappa shape index (κ1) is 35.4. The molecule has 9 N–H and O–H groups in total.